The number of aromatic nitrogens is 4. The van der Waals surface area contributed by atoms with E-state index in [4.69, 9.17) is 9.26 Å². The molecule has 4 aromatic rings. The highest BCUT2D eigenvalue weighted by Gasteiger charge is 2.33. The summed E-state index contributed by atoms with van der Waals surface area (Å²) < 4.78 is 12.4. The van der Waals surface area contributed by atoms with Gasteiger partial charge in [-0.15, -0.1) is 0 Å². The van der Waals surface area contributed by atoms with Crippen molar-refractivity contribution in [3.05, 3.63) is 65.9 Å². The average molecular weight is 448 g/mol. The number of nitrogens with one attached hydrogen (secondary N) is 1. The molecule has 11 nitrogen and oxygen atoms in total. The minimum Gasteiger partial charge on any atom is -0.465 e. The van der Waals surface area contributed by atoms with E-state index in [0.29, 0.717) is 29.2 Å². The van der Waals surface area contributed by atoms with Gasteiger partial charge in [-0.05, 0) is 30.7 Å². The van der Waals surface area contributed by atoms with Crippen molar-refractivity contribution in [1.82, 2.24) is 24.4 Å². The number of benzene rings is 1. The number of carbonyl (C=O) groups is 2. The molecule has 0 saturated carbocycles. The van der Waals surface area contributed by atoms with Gasteiger partial charge in [0.15, 0.2) is 0 Å². The molecule has 2 amide bonds. The van der Waals surface area contributed by atoms with Crippen LogP contribution in [-0.4, -0.2) is 61.3 Å². The second-order valence-corrected chi connectivity index (χ2v) is 7.58. The fourth-order valence-electron chi connectivity index (χ4n) is 3.71. The van der Waals surface area contributed by atoms with Crippen molar-refractivity contribution in [2.24, 2.45) is 0 Å². The highest BCUT2D eigenvalue weighted by molar-refractivity contribution is 6.04. The van der Waals surface area contributed by atoms with Crippen molar-refractivity contribution in [3.8, 4) is 11.4 Å². The SMILES string of the molecule is Cc1ccc(-c2noc([C@@H]3COCCN3C(=O)O)n2)cc1NC(=O)c1cnc2ccccn12. The summed E-state index contributed by atoms with van der Waals surface area (Å²) in [6.45, 7) is 2.56. The number of anilines is 1. The van der Waals surface area contributed by atoms with Crippen molar-refractivity contribution < 1.29 is 24.0 Å². The first-order chi connectivity index (χ1) is 16.0. The van der Waals surface area contributed by atoms with Gasteiger partial charge >= 0.3 is 6.09 Å². The molecule has 11 heteroatoms. The van der Waals surface area contributed by atoms with Crippen LogP contribution in [-0.2, 0) is 4.74 Å². The fraction of sp³-hybridized carbons (Fsp3) is 0.227. The first-order valence-corrected chi connectivity index (χ1v) is 10.3. The molecule has 0 radical (unpaired) electrons. The van der Waals surface area contributed by atoms with Crippen LogP contribution in [0.2, 0.25) is 0 Å². The van der Waals surface area contributed by atoms with Gasteiger partial charge in [0.2, 0.25) is 5.82 Å². The molecular weight excluding hydrogens is 428 g/mol. The minimum absolute atomic E-state index is 0.141. The summed E-state index contributed by atoms with van der Waals surface area (Å²) in [5.41, 5.74) is 3.13. The third kappa shape index (κ3) is 3.89. The van der Waals surface area contributed by atoms with E-state index in [1.807, 2.05) is 31.2 Å². The molecule has 3 aromatic heterocycles. The van der Waals surface area contributed by atoms with E-state index in [9.17, 15) is 14.7 Å². The highest BCUT2D eigenvalue weighted by atomic mass is 16.5. The number of ether oxygens (including phenoxy) is 1. The largest absolute Gasteiger partial charge is 0.465 e. The molecule has 5 rings (SSSR count). The van der Waals surface area contributed by atoms with Gasteiger partial charge < -0.3 is 19.7 Å². The third-order valence-corrected chi connectivity index (χ3v) is 5.49. The van der Waals surface area contributed by atoms with E-state index in [0.717, 1.165) is 5.56 Å². The van der Waals surface area contributed by atoms with Crippen molar-refractivity contribution >= 4 is 23.3 Å². The number of aryl methyl sites for hydroxylation is 1. The van der Waals surface area contributed by atoms with Gasteiger partial charge in [-0.3, -0.25) is 14.1 Å². The molecule has 4 heterocycles. The highest BCUT2D eigenvalue weighted by Crippen LogP contribution is 2.28. The summed E-state index contributed by atoms with van der Waals surface area (Å²) >= 11 is 0. The zero-order valence-electron chi connectivity index (χ0n) is 17.6. The molecule has 0 bridgehead atoms. The smallest absolute Gasteiger partial charge is 0.408 e. The Balaban J connectivity index is 1.40. The number of morpholine rings is 1. The zero-order valence-corrected chi connectivity index (χ0v) is 17.6. The molecule has 1 aliphatic heterocycles. The van der Waals surface area contributed by atoms with Crippen LogP contribution in [0.3, 0.4) is 0 Å². The molecule has 0 spiro atoms. The molecule has 0 unspecified atom stereocenters. The molecule has 1 fully saturated rings. The predicted molar refractivity (Wildman–Crippen MR) is 116 cm³/mol. The topological polar surface area (TPSA) is 135 Å². The van der Waals surface area contributed by atoms with Crippen LogP contribution in [0.5, 0.6) is 0 Å². The molecule has 0 aliphatic carbocycles. The van der Waals surface area contributed by atoms with E-state index in [2.05, 4.69) is 20.4 Å². The van der Waals surface area contributed by atoms with Crippen LogP contribution in [0.1, 0.15) is 28.0 Å². The Morgan fingerprint density at radius 2 is 2.12 bits per heavy atom. The van der Waals surface area contributed by atoms with Gasteiger partial charge in [0, 0.05) is 24.0 Å². The maximum absolute atomic E-state index is 12.9. The lowest BCUT2D eigenvalue weighted by molar-refractivity contribution is -0.0113. The van der Waals surface area contributed by atoms with Crippen molar-refractivity contribution in [2.75, 3.05) is 25.1 Å². The lowest BCUT2D eigenvalue weighted by atomic mass is 10.1. The van der Waals surface area contributed by atoms with Crippen molar-refractivity contribution in [3.63, 3.8) is 0 Å². The molecule has 1 aliphatic rings. The predicted octanol–water partition coefficient (Wildman–Crippen LogP) is 3.00. The van der Waals surface area contributed by atoms with Crippen LogP contribution >= 0.6 is 0 Å². The molecule has 2 N–H and O–H groups in total. The lowest BCUT2D eigenvalue weighted by Crippen LogP contribution is -2.42. The number of carboxylic acid groups (broad SMARTS) is 1. The standard InChI is InChI=1S/C22H20N6O5/c1-13-5-6-14(19-25-21(33-26-19)17-12-32-9-8-28(17)22(30)31)10-15(13)24-20(29)16-11-23-18-4-2-3-7-27(16)18/h2-7,10-11,17H,8-9,12H2,1H3,(H,24,29)(H,30,31)/t17-/m0/s1. The van der Waals surface area contributed by atoms with E-state index >= 15 is 0 Å². The van der Waals surface area contributed by atoms with Crippen LogP contribution < -0.4 is 5.32 Å². The van der Waals surface area contributed by atoms with Gasteiger partial charge in [0.25, 0.3) is 11.8 Å². The number of rotatable bonds is 4. The van der Waals surface area contributed by atoms with Crippen molar-refractivity contribution in [2.45, 2.75) is 13.0 Å². The molecule has 1 atom stereocenters. The van der Waals surface area contributed by atoms with E-state index < -0.39 is 12.1 Å². The second-order valence-electron chi connectivity index (χ2n) is 7.58. The van der Waals surface area contributed by atoms with Gasteiger partial charge in [-0.1, -0.05) is 23.4 Å². The minimum atomic E-state index is -1.07. The lowest BCUT2D eigenvalue weighted by Gasteiger charge is -2.30. The van der Waals surface area contributed by atoms with Crippen molar-refractivity contribution in [1.29, 1.82) is 0 Å². The molecule has 1 aromatic carbocycles. The monoisotopic (exact) mass is 448 g/mol. The molecule has 33 heavy (non-hydrogen) atoms. The number of fused-ring (bicyclic) bond motifs is 1. The Hall–Kier alpha value is -4.25. The van der Waals surface area contributed by atoms with E-state index in [-0.39, 0.29) is 30.8 Å². The van der Waals surface area contributed by atoms with E-state index in [1.54, 1.807) is 22.7 Å². The van der Waals surface area contributed by atoms with E-state index in [1.165, 1.54) is 11.1 Å². The summed E-state index contributed by atoms with van der Waals surface area (Å²) in [5.74, 6) is 0.134. The number of hydrogen-bond donors (Lipinski definition) is 2. The number of carbonyl (C=O) groups excluding carboxylic acids is 1. The van der Waals surface area contributed by atoms with Crippen LogP contribution in [0.15, 0.2) is 53.3 Å². The van der Waals surface area contributed by atoms with Crippen LogP contribution in [0.4, 0.5) is 10.5 Å². The van der Waals surface area contributed by atoms with Crippen LogP contribution in [0, 0.1) is 6.92 Å². The van der Waals surface area contributed by atoms with Gasteiger partial charge in [-0.2, -0.15) is 4.98 Å². The van der Waals surface area contributed by atoms with Gasteiger partial charge in [0.1, 0.15) is 17.4 Å². The molecular formula is C22H20N6O5. The summed E-state index contributed by atoms with van der Waals surface area (Å²) in [5, 5.41) is 16.3. The summed E-state index contributed by atoms with van der Waals surface area (Å²) in [4.78, 5) is 34.3. The third-order valence-electron chi connectivity index (χ3n) is 5.49. The molecule has 168 valence electrons. The average Bonchev–Trinajstić information content (AvgIpc) is 3.48. The Labute approximate surface area is 187 Å². The quantitative estimate of drug-likeness (QED) is 0.486. The Morgan fingerprint density at radius 1 is 1.24 bits per heavy atom. The second kappa shape index (κ2) is 8.36. The number of nitrogens with zero attached hydrogens (tertiary/aromatic N) is 5. The van der Waals surface area contributed by atoms with Crippen LogP contribution in [0.25, 0.3) is 17.0 Å². The van der Waals surface area contributed by atoms with Gasteiger partial charge in [0.05, 0.1) is 19.4 Å². The number of pyridine rings is 1. The summed E-state index contributed by atoms with van der Waals surface area (Å²) in [7, 11) is 0. The Kier molecular flexibility index (Phi) is 5.23. The molecule has 1 saturated heterocycles. The number of imidazole rings is 1. The zero-order chi connectivity index (χ0) is 22.9. The normalized spacial score (nSPS) is 16.2. The maximum atomic E-state index is 12.9. The number of amides is 2. The first kappa shape index (κ1) is 20.6. The Morgan fingerprint density at radius 3 is 2.97 bits per heavy atom. The summed E-state index contributed by atoms with van der Waals surface area (Å²) in [6.07, 6.45) is 2.22. The Bertz CT molecular complexity index is 1350. The first-order valence-electron chi connectivity index (χ1n) is 10.3. The maximum Gasteiger partial charge on any atom is 0.408 e. The summed E-state index contributed by atoms with van der Waals surface area (Å²) in [6, 6.07) is 10.2. The fourth-order valence-corrected chi connectivity index (χ4v) is 3.71. The van der Waals surface area contributed by atoms with Gasteiger partial charge in [-0.25, -0.2) is 9.78 Å². The number of hydrogen-bond acceptors (Lipinski definition) is 7.